The summed E-state index contributed by atoms with van der Waals surface area (Å²) in [4.78, 5) is 11.7. The zero-order chi connectivity index (χ0) is 14.7. The largest absolute Gasteiger partial charge is 0.503 e. The van der Waals surface area contributed by atoms with Crippen LogP contribution in [0.4, 0.5) is 20.6 Å². The van der Waals surface area contributed by atoms with E-state index < -0.39 is 17.6 Å². The van der Waals surface area contributed by atoms with E-state index in [2.05, 4.69) is 10.6 Å². The number of hydrogen-bond acceptors (Lipinski definition) is 2. The fourth-order valence-electron chi connectivity index (χ4n) is 1.53. The first kappa shape index (κ1) is 14.4. The summed E-state index contributed by atoms with van der Waals surface area (Å²) in [6, 6.07) is 7.66. The first-order valence-corrected chi connectivity index (χ1v) is 6.23. The molecule has 2 aromatic carbocycles. The van der Waals surface area contributed by atoms with Gasteiger partial charge in [-0.3, -0.25) is 0 Å². The number of benzene rings is 2. The van der Waals surface area contributed by atoms with Crippen molar-refractivity contribution in [2.24, 2.45) is 0 Å². The summed E-state index contributed by atoms with van der Waals surface area (Å²) in [5.41, 5.74) is 0.325. The summed E-state index contributed by atoms with van der Waals surface area (Å²) in [6.07, 6.45) is 0. The quantitative estimate of drug-likeness (QED) is 0.715. The molecule has 3 N–H and O–H groups in total. The lowest BCUT2D eigenvalue weighted by Crippen LogP contribution is -2.19. The van der Waals surface area contributed by atoms with Crippen molar-refractivity contribution in [2.75, 3.05) is 10.6 Å². The second kappa shape index (κ2) is 5.98. The molecular formula is C13H9Cl2FN2O2. The third-order valence-corrected chi connectivity index (χ3v) is 2.79. The molecular weight excluding hydrogens is 306 g/mol. The minimum absolute atomic E-state index is 0.0457. The van der Waals surface area contributed by atoms with E-state index in [0.29, 0.717) is 15.7 Å². The fourth-order valence-corrected chi connectivity index (χ4v) is 2.05. The first-order chi connectivity index (χ1) is 9.45. The number of rotatable bonds is 2. The van der Waals surface area contributed by atoms with Gasteiger partial charge in [-0.2, -0.15) is 0 Å². The zero-order valence-corrected chi connectivity index (χ0v) is 11.5. The predicted octanol–water partition coefficient (Wildman–Crippen LogP) is 4.48. The molecule has 0 saturated heterocycles. The predicted molar refractivity (Wildman–Crippen MR) is 77.2 cm³/mol. The van der Waals surface area contributed by atoms with Gasteiger partial charge in [-0.05, 0) is 30.3 Å². The summed E-state index contributed by atoms with van der Waals surface area (Å²) < 4.78 is 13.1. The van der Waals surface area contributed by atoms with E-state index in [1.165, 1.54) is 30.3 Å². The highest BCUT2D eigenvalue weighted by molar-refractivity contribution is 6.35. The van der Waals surface area contributed by atoms with Crippen LogP contribution >= 0.6 is 23.2 Å². The molecule has 4 nitrogen and oxygen atoms in total. The number of phenols is 1. The zero-order valence-electron chi connectivity index (χ0n) is 9.95. The molecule has 104 valence electrons. The second-order valence-electron chi connectivity index (χ2n) is 3.87. The van der Waals surface area contributed by atoms with Crippen LogP contribution in [0.2, 0.25) is 10.0 Å². The maximum absolute atomic E-state index is 13.1. The number of hydrogen-bond donors (Lipinski definition) is 3. The van der Waals surface area contributed by atoms with E-state index in [1.807, 2.05) is 0 Å². The Kier molecular flexibility index (Phi) is 4.32. The Balaban J connectivity index is 2.11. The Bertz CT molecular complexity index is 645. The third kappa shape index (κ3) is 3.53. The topological polar surface area (TPSA) is 61.4 Å². The fraction of sp³-hybridized carbons (Fsp3) is 0. The molecule has 0 unspecified atom stereocenters. The minimum atomic E-state index is -0.825. The van der Waals surface area contributed by atoms with Gasteiger partial charge in [0, 0.05) is 15.7 Å². The van der Waals surface area contributed by atoms with Crippen LogP contribution in [0.1, 0.15) is 0 Å². The van der Waals surface area contributed by atoms with Crippen LogP contribution < -0.4 is 10.6 Å². The van der Waals surface area contributed by atoms with Gasteiger partial charge in [0.25, 0.3) is 0 Å². The van der Waals surface area contributed by atoms with Crippen molar-refractivity contribution in [3.05, 3.63) is 52.3 Å². The molecule has 0 radical (unpaired) electrons. The molecule has 0 atom stereocenters. The molecule has 0 saturated carbocycles. The van der Waals surface area contributed by atoms with Gasteiger partial charge in [-0.1, -0.05) is 29.3 Å². The Morgan fingerprint density at radius 2 is 1.75 bits per heavy atom. The lowest BCUT2D eigenvalue weighted by Gasteiger charge is -2.09. The number of nitrogens with one attached hydrogen (secondary N) is 2. The minimum Gasteiger partial charge on any atom is -0.503 e. The van der Waals surface area contributed by atoms with E-state index in [9.17, 15) is 14.3 Å². The van der Waals surface area contributed by atoms with Crippen molar-refractivity contribution in [1.29, 1.82) is 0 Å². The highest BCUT2D eigenvalue weighted by Crippen LogP contribution is 2.26. The van der Waals surface area contributed by atoms with Crippen molar-refractivity contribution in [3.63, 3.8) is 0 Å². The van der Waals surface area contributed by atoms with Gasteiger partial charge >= 0.3 is 6.03 Å². The van der Waals surface area contributed by atoms with E-state index in [-0.39, 0.29) is 5.69 Å². The molecule has 2 rings (SSSR count). The summed E-state index contributed by atoms with van der Waals surface area (Å²) in [5.74, 6) is -1.46. The number of aromatic hydroxyl groups is 1. The van der Waals surface area contributed by atoms with Crippen molar-refractivity contribution < 1.29 is 14.3 Å². The van der Waals surface area contributed by atoms with Gasteiger partial charge in [0.2, 0.25) is 0 Å². The van der Waals surface area contributed by atoms with Gasteiger partial charge in [0.15, 0.2) is 11.6 Å². The monoisotopic (exact) mass is 314 g/mol. The van der Waals surface area contributed by atoms with Crippen molar-refractivity contribution in [2.45, 2.75) is 0 Å². The Labute approximate surface area is 124 Å². The molecule has 0 heterocycles. The van der Waals surface area contributed by atoms with Crippen molar-refractivity contribution in [3.8, 4) is 5.75 Å². The average Bonchev–Trinajstić information content (AvgIpc) is 2.33. The van der Waals surface area contributed by atoms with Crippen LogP contribution in [0.25, 0.3) is 0 Å². The first-order valence-electron chi connectivity index (χ1n) is 5.47. The molecule has 2 aromatic rings. The van der Waals surface area contributed by atoms with Gasteiger partial charge in [0.1, 0.15) is 0 Å². The molecule has 0 aliphatic carbocycles. The summed E-state index contributed by atoms with van der Waals surface area (Å²) in [5, 5.41) is 14.9. The van der Waals surface area contributed by atoms with E-state index in [4.69, 9.17) is 23.2 Å². The van der Waals surface area contributed by atoms with Crippen LogP contribution in [0.3, 0.4) is 0 Å². The maximum Gasteiger partial charge on any atom is 0.323 e. The SMILES string of the molecule is O=C(Nc1cc(Cl)cc(Cl)c1)Nc1cccc(F)c1O. The molecule has 20 heavy (non-hydrogen) atoms. The Morgan fingerprint density at radius 3 is 2.40 bits per heavy atom. The van der Waals surface area contributed by atoms with Crippen molar-refractivity contribution >= 4 is 40.6 Å². The van der Waals surface area contributed by atoms with Crippen LogP contribution in [0.15, 0.2) is 36.4 Å². The van der Waals surface area contributed by atoms with Crippen LogP contribution in [-0.2, 0) is 0 Å². The average molecular weight is 315 g/mol. The number of carbonyl (C=O) groups excluding carboxylic acids is 1. The number of phenolic OH excluding ortho intramolecular Hbond substituents is 1. The Hall–Kier alpha value is -1.98. The smallest absolute Gasteiger partial charge is 0.323 e. The lowest BCUT2D eigenvalue weighted by molar-refractivity contribution is 0.262. The van der Waals surface area contributed by atoms with E-state index >= 15 is 0 Å². The van der Waals surface area contributed by atoms with Gasteiger partial charge < -0.3 is 15.7 Å². The van der Waals surface area contributed by atoms with Gasteiger partial charge in [0.05, 0.1) is 5.69 Å². The maximum atomic E-state index is 13.1. The molecule has 0 aromatic heterocycles. The number of urea groups is 1. The standard InChI is InChI=1S/C13H9Cl2FN2O2/c14-7-4-8(15)6-9(5-7)17-13(20)18-11-3-1-2-10(16)12(11)19/h1-6,19H,(H2,17,18,20). The van der Waals surface area contributed by atoms with Crippen LogP contribution in [0.5, 0.6) is 5.75 Å². The van der Waals surface area contributed by atoms with Gasteiger partial charge in [-0.15, -0.1) is 0 Å². The summed E-state index contributed by atoms with van der Waals surface area (Å²) in [7, 11) is 0. The molecule has 2 amide bonds. The lowest BCUT2D eigenvalue weighted by atomic mass is 10.3. The molecule has 0 aliphatic heterocycles. The Morgan fingerprint density at radius 1 is 1.10 bits per heavy atom. The number of amides is 2. The molecule has 7 heteroatoms. The molecule has 0 bridgehead atoms. The molecule has 0 fully saturated rings. The number of para-hydroxylation sites is 1. The third-order valence-electron chi connectivity index (χ3n) is 2.36. The normalized spacial score (nSPS) is 10.2. The number of carbonyl (C=O) groups is 1. The van der Waals surface area contributed by atoms with E-state index in [1.54, 1.807) is 0 Å². The molecule has 0 aliphatic rings. The summed E-state index contributed by atoms with van der Waals surface area (Å²) >= 11 is 11.6. The second-order valence-corrected chi connectivity index (χ2v) is 4.75. The number of anilines is 2. The number of halogens is 3. The van der Waals surface area contributed by atoms with Crippen molar-refractivity contribution in [1.82, 2.24) is 0 Å². The highest BCUT2D eigenvalue weighted by Gasteiger charge is 2.10. The van der Waals surface area contributed by atoms with E-state index in [0.717, 1.165) is 6.07 Å². The molecule has 0 spiro atoms. The highest BCUT2D eigenvalue weighted by atomic mass is 35.5. The summed E-state index contributed by atoms with van der Waals surface area (Å²) in [6.45, 7) is 0. The van der Waals surface area contributed by atoms with Crippen LogP contribution in [0, 0.1) is 5.82 Å². The van der Waals surface area contributed by atoms with Gasteiger partial charge in [-0.25, -0.2) is 9.18 Å². The van der Waals surface area contributed by atoms with Crippen LogP contribution in [-0.4, -0.2) is 11.1 Å².